The summed E-state index contributed by atoms with van der Waals surface area (Å²) in [6.45, 7) is 2.31. The van der Waals surface area contributed by atoms with Crippen molar-refractivity contribution < 1.29 is 4.79 Å². The molecule has 2 fully saturated rings. The second kappa shape index (κ2) is 9.20. The standard InChI is InChI=1S/C20H31N11O/c21-11-5-12(22)8-30(7-11)19-27-18(26-16-4-2-1-3-15(16)17(25)32)28-20(29-19)31-9-13(23)6-14(24)10-31/h1-4,11-14H,5-10,21-24H2,(H2,25,32)(H,26,27,28,29)/t11-,12+,13-,14+. The van der Waals surface area contributed by atoms with Crippen LogP contribution in [0.1, 0.15) is 23.2 Å². The average molecular weight is 442 g/mol. The molecule has 12 nitrogen and oxygen atoms in total. The van der Waals surface area contributed by atoms with Crippen LogP contribution < -0.4 is 43.8 Å². The minimum Gasteiger partial charge on any atom is -0.366 e. The number of nitrogens with one attached hydrogen (secondary N) is 1. The molecule has 1 aromatic heterocycles. The van der Waals surface area contributed by atoms with Crippen molar-refractivity contribution in [1.82, 2.24) is 15.0 Å². The Kier molecular flexibility index (Phi) is 6.37. The summed E-state index contributed by atoms with van der Waals surface area (Å²) < 4.78 is 0. The van der Waals surface area contributed by atoms with Gasteiger partial charge in [-0.05, 0) is 25.0 Å². The van der Waals surface area contributed by atoms with Crippen molar-refractivity contribution in [2.75, 3.05) is 41.3 Å². The number of amides is 1. The summed E-state index contributed by atoms with van der Waals surface area (Å²) in [6.07, 6.45) is 1.47. The molecule has 11 N–H and O–H groups in total. The van der Waals surface area contributed by atoms with Gasteiger partial charge in [0.05, 0.1) is 11.3 Å². The van der Waals surface area contributed by atoms with Crippen LogP contribution in [-0.2, 0) is 0 Å². The summed E-state index contributed by atoms with van der Waals surface area (Å²) in [5, 5.41) is 3.12. The van der Waals surface area contributed by atoms with Gasteiger partial charge in [-0.2, -0.15) is 15.0 Å². The van der Waals surface area contributed by atoms with E-state index in [9.17, 15) is 4.79 Å². The van der Waals surface area contributed by atoms with Gasteiger partial charge in [-0.1, -0.05) is 12.1 Å². The van der Waals surface area contributed by atoms with E-state index in [1.807, 2.05) is 9.80 Å². The minimum atomic E-state index is -0.552. The molecule has 2 aliphatic heterocycles. The quantitative estimate of drug-likeness (QED) is 0.313. The highest BCUT2D eigenvalue weighted by atomic mass is 16.1. The Labute approximate surface area is 186 Å². The molecule has 12 heteroatoms. The molecule has 1 amide bonds. The zero-order valence-electron chi connectivity index (χ0n) is 17.9. The molecule has 0 saturated carbocycles. The van der Waals surface area contributed by atoms with Crippen molar-refractivity contribution in [2.45, 2.75) is 37.0 Å². The van der Waals surface area contributed by atoms with Gasteiger partial charge in [0.25, 0.3) is 5.91 Å². The number of hydrogen-bond acceptors (Lipinski definition) is 11. The fourth-order valence-corrected chi connectivity index (χ4v) is 4.30. The number of carbonyl (C=O) groups excluding carboxylic acids is 1. The largest absolute Gasteiger partial charge is 0.366 e. The van der Waals surface area contributed by atoms with Crippen LogP contribution in [0.3, 0.4) is 0 Å². The molecule has 4 rings (SSSR count). The van der Waals surface area contributed by atoms with Crippen molar-refractivity contribution in [3.05, 3.63) is 29.8 Å². The first-order valence-electron chi connectivity index (χ1n) is 10.7. The molecule has 0 radical (unpaired) electrons. The summed E-state index contributed by atoms with van der Waals surface area (Å²) in [7, 11) is 0. The van der Waals surface area contributed by atoms with E-state index in [4.69, 9.17) is 33.7 Å². The van der Waals surface area contributed by atoms with E-state index in [0.29, 0.717) is 49.3 Å². The van der Waals surface area contributed by atoms with Crippen LogP contribution in [-0.4, -0.2) is 71.2 Å². The van der Waals surface area contributed by atoms with Gasteiger partial charge in [0.2, 0.25) is 17.8 Å². The third-order valence-electron chi connectivity index (χ3n) is 5.65. The SMILES string of the molecule is NC(=O)c1ccccc1Nc1nc(N2C[C@H](N)C[C@H](N)C2)nc(N2C[C@H](N)C[C@H](N)C2)n1. The molecule has 2 saturated heterocycles. The lowest BCUT2D eigenvalue weighted by Gasteiger charge is -2.37. The van der Waals surface area contributed by atoms with Gasteiger partial charge in [-0.15, -0.1) is 0 Å². The van der Waals surface area contributed by atoms with Crippen LogP contribution in [0, 0.1) is 0 Å². The highest BCUT2D eigenvalue weighted by Gasteiger charge is 2.29. The lowest BCUT2D eigenvalue weighted by atomic mass is 10.0. The van der Waals surface area contributed by atoms with Crippen LogP contribution >= 0.6 is 0 Å². The zero-order valence-corrected chi connectivity index (χ0v) is 17.9. The molecule has 0 spiro atoms. The number of aromatic nitrogens is 3. The van der Waals surface area contributed by atoms with Crippen molar-refractivity contribution in [2.24, 2.45) is 28.7 Å². The summed E-state index contributed by atoms with van der Waals surface area (Å²) >= 11 is 0. The second-order valence-corrected chi connectivity index (χ2v) is 8.62. The highest BCUT2D eigenvalue weighted by molar-refractivity contribution is 5.99. The smallest absolute Gasteiger partial charge is 0.250 e. The molecular formula is C20H31N11O. The van der Waals surface area contributed by atoms with Crippen molar-refractivity contribution in [1.29, 1.82) is 0 Å². The number of hydrogen-bond donors (Lipinski definition) is 6. The number of rotatable bonds is 5. The first-order valence-corrected chi connectivity index (χ1v) is 10.7. The third-order valence-corrected chi connectivity index (χ3v) is 5.65. The number of carbonyl (C=O) groups is 1. The average Bonchev–Trinajstić information content (AvgIpc) is 2.72. The van der Waals surface area contributed by atoms with Crippen LogP contribution in [0.4, 0.5) is 23.5 Å². The van der Waals surface area contributed by atoms with Gasteiger partial charge in [0.15, 0.2) is 0 Å². The number of nitrogens with two attached hydrogens (primary N) is 5. The van der Waals surface area contributed by atoms with Crippen LogP contribution in [0.25, 0.3) is 0 Å². The third kappa shape index (κ3) is 5.05. The molecule has 3 heterocycles. The van der Waals surface area contributed by atoms with Crippen molar-refractivity contribution >= 4 is 29.4 Å². The Balaban J connectivity index is 1.71. The number of benzene rings is 1. The predicted octanol–water partition coefficient (Wildman–Crippen LogP) is -1.56. The molecule has 1 aromatic carbocycles. The van der Waals surface area contributed by atoms with Gasteiger partial charge in [0.1, 0.15) is 0 Å². The molecule has 172 valence electrons. The number of primary amides is 1. The van der Waals surface area contributed by atoms with E-state index in [2.05, 4.69) is 15.3 Å². The lowest BCUT2D eigenvalue weighted by Crippen LogP contribution is -2.54. The summed E-state index contributed by atoms with van der Waals surface area (Å²) in [4.78, 5) is 29.6. The topological polar surface area (TPSA) is 204 Å². The van der Waals surface area contributed by atoms with E-state index >= 15 is 0 Å². The summed E-state index contributed by atoms with van der Waals surface area (Å²) in [5.41, 5.74) is 31.1. The molecule has 2 aromatic rings. The molecular weight excluding hydrogens is 410 g/mol. The van der Waals surface area contributed by atoms with E-state index in [0.717, 1.165) is 12.8 Å². The van der Waals surface area contributed by atoms with Gasteiger partial charge in [-0.3, -0.25) is 4.79 Å². The maximum atomic E-state index is 11.8. The van der Waals surface area contributed by atoms with Crippen LogP contribution in [0.15, 0.2) is 24.3 Å². The van der Waals surface area contributed by atoms with Crippen molar-refractivity contribution in [3.63, 3.8) is 0 Å². The first kappa shape index (κ1) is 22.1. The predicted molar refractivity (Wildman–Crippen MR) is 124 cm³/mol. The van der Waals surface area contributed by atoms with Crippen LogP contribution in [0.5, 0.6) is 0 Å². The Hall–Kier alpha value is -3.06. The van der Waals surface area contributed by atoms with Crippen molar-refractivity contribution in [3.8, 4) is 0 Å². The lowest BCUT2D eigenvalue weighted by molar-refractivity contribution is 0.100. The maximum absolute atomic E-state index is 11.8. The van der Waals surface area contributed by atoms with Gasteiger partial charge >= 0.3 is 0 Å². The number of para-hydroxylation sites is 1. The molecule has 0 bridgehead atoms. The first-order chi connectivity index (χ1) is 15.3. The zero-order chi connectivity index (χ0) is 22.8. The maximum Gasteiger partial charge on any atom is 0.250 e. The van der Waals surface area contributed by atoms with E-state index < -0.39 is 5.91 Å². The molecule has 32 heavy (non-hydrogen) atoms. The molecule has 4 atom stereocenters. The fraction of sp³-hybridized carbons (Fsp3) is 0.500. The number of anilines is 4. The van der Waals surface area contributed by atoms with Gasteiger partial charge < -0.3 is 43.8 Å². The molecule has 2 aliphatic rings. The summed E-state index contributed by atoms with van der Waals surface area (Å²) in [6, 6.07) is 6.59. The van der Waals surface area contributed by atoms with E-state index in [1.54, 1.807) is 24.3 Å². The highest BCUT2D eigenvalue weighted by Crippen LogP contribution is 2.25. The van der Waals surface area contributed by atoms with Crippen LogP contribution in [0.2, 0.25) is 0 Å². The number of nitrogens with zero attached hydrogens (tertiary/aromatic N) is 5. The Morgan fingerprint density at radius 1 is 0.812 bits per heavy atom. The fourth-order valence-electron chi connectivity index (χ4n) is 4.30. The number of piperidine rings is 2. The molecule has 0 unspecified atom stereocenters. The molecule has 0 aliphatic carbocycles. The van der Waals surface area contributed by atoms with E-state index in [1.165, 1.54) is 0 Å². The minimum absolute atomic E-state index is 0.0807. The monoisotopic (exact) mass is 441 g/mol. The summed E-state index contributed by atoms with van der Waals surface area (Å²) in [5.74, 6) is 0.627. The normalized spacial score (nSPS) is 26.1. The Morgan fingerprint density at radius 3 is 1.75 bits per heavy atom. The second-order valence-electron chi connectivity index (χ2n) is 8.62. The Bertz CT molecular complexity index is 906. The van der Waals surface area contributed by atoms with Gasteiger partial charge in [0, 0.05) is 50.3 Å². The van der Waals surface area contributed by atoms with E-state index in [-0.39, 0.29) is 30.1 Å². The Morgan fingerprint density at radius 2 is 1.28 bits per heavy atom. The van der Waals surface area contributed by atoms with Gasteiger partial charge in [-0.25, -0.2) is 0 Å².